The van der Waals surface area contributed by atoms with E-state index in [2.05, 4.69) is 15.6 Å². The smallest absolute Gasteiger partial charge is 0.231 e. The Bertz CT molecular complexity index is 820. The first-order valence-electron chi connectivity index (χ1n) is 7.72. The highest BCUT2D eigenvalue weighted by Gasteiger charge is 2.10. The lowest BCUT2D eigenvalue weighted by Gasteiger charge is -1.99. The van der Waals surface area contributed by atoms with Crippen LogP contribution < -0.4 is 11.1 Å². The Balaban J connectivity index is 1.70. The lowest BCUT2D eigenvalue weighted by atomic mass is 10.1. The van der Waals surface area contributed by atoms with Gasteiger partial charge in [-0.2, -0.15) is 5.10 Å². The minimum Gasteiger partial charge on any atom is -0.338 e. The number of hydrogen-bond donors (Lipinski definition) is 2. The molecule has 1 amide bonds. The van der Waals surface area contributed by atoms with E-state index in [0.29, 0.717) is 31.0 Å². The Hall–Kier alpha value is -2.93. The molecule has 1 aromatic carbocycles. The fourth-order valence-corrected chi connectivity index (χ4v) is 2.34. The number of amides is 1. The number of carbonyl (C=O) groups is 1. The normalized spacial score (nSPS) is 10.8. The fourth-order valence-electron chi connectivity index (χ4n) is 2.34. The molecule has 0 bridgehead atoms. The summed E-state index contributed by atoms with van der Waals surface area (Å²) in [4.78, 5) is 11.7. The van der Waals surface area contributed by atoms with Crippen molar-refractivity contribution in [1.82, 2.24) is 14.9 Å². The second-order valence-electron chi connectivity index (χ2n) is 5.50. The van der Waals surface area contributed by atoms with Crippen molar-refractivity contribution in [2.45, 2.75) is 12.8 Å². The molecule has 0 aliphatic carbocycles. The van der Waals surface area contributed by atoms with E-state index >= 15 is 0 Å². The van der Waals surface area contributed by atoms with Crippen LogP contribution in [0.15, 0.2) is 47.2 Å². The minimum absolute atomic E-state index is 0.130. The van der Waals surface area contributed by atoms with Crippen molar-refractivity contribution in [3.05, 3.63) is 42.7 Å². The third-order valence-corrected chi connectivity index (χ3v) is 3.60. The summed E-state index contributed by atoms with van der Waals surface area (Å²) in [5, 5.41) is 10.8. The Morgan fingerprint density at radius 1 is 1.25 bits per heavy atom. The first kappa shape index (κ1) is 15.9. The number of hydrogen-bond acceptors (Lipinski definition) is 5. The summed E-state index contributed by atoms with van der Waals surface area (Å²) in [5.41, 5.74) is 9.09. The molecule has 3 rings (SSSR count). The average molecular weight is 325 g/mol. The molecule has 7 nitrogen and oxygen atoms in total. The summed E-state index contributed by atoms with van der Waals surface area (Å²) in [6.07, 6.45) is 4.79. The maximum atomic E-state index is 11.7. The first-order valence-corrected chi connectivity index (χ1v) is 7.72. The summed E-state index contributed by atoms with van der Waals surface area (Å²) < 4.78 is 6.93. The van der Waals surface area contributed by atoms with Crippen LogP contribution in [0.3, 0.4) is 0 Å². The van der Waals surface area contributed by atoms with E-state index in [-0.39, 0.29) is 5.91 Å². The van der Waals surface area contributed by atoms with Gasteiger partial charge in [-0.1, -0.05) is 29.4 Å². The number of anilines is 1. The molecule has 0 saturated carbocycles. The van der Waals surface area contributed by atoms with Crippen molar-refractivity contribution >= 4 is 11.8 Å². The van der Waals surface area contributed by atoms with Gasteiger partial charge >= 0.3 is 0 Å². The van der Waals surface area contributed by atoms with Crippen LogP contribution in [0.25, 0.3) is 22.4 Å². The molecular weight excluding hydrogens is 306 g/mol. The lowest BCUT2D eigenvalue weighted by molar-refractivity contribution is -0.116. The molecule has 0 saturated heterocycles. The van der Waals surface area contributed by atoms with E-state index in [0.717, 1.165) is 16.7 Å². The quantitative estimate of drug-likeness (QED) is 0.725. The van der Waals surface area contributed by atoms with E-state index in [1.54, 1.807) is 10.7 Å². The lowest BCUT2D eigenvalue weighted by Crippen LogP contribution is -2.12. The molecule has 24 heavy (non-hydrogen) atoms. The molecule has 0 aliphatic rings. The Labute approximate surface area is 139 Å². The van der Waals surface area contributed by atoms with Crippen LogP contribution >= 0.6 is 0 Å². The molecule has 0 unspecified atom stereocenters. The van der Waals surface area contributed by atoms with Crippen LogP contribution in [-0.4, -0.2) is 27.4 Å². The first-order chi connectivity index (χ1) is 11.7. The number of nitrogens with two attached hydrogens (primary N) is 1. The predicted octanol–water partition coefficient (Wildman–Crippen LogP) is 2.42. The van der Waals surface area contributed by atoms with Crippen LogP contribution in [0.4, 0.5) is 5.88 Å². The van der Waals surface area contributed by atoms with Crippen LogP contribution in [0.1, 0.15) is 12.8 Å². The van der Waals surface area contributed by atoms with Crippen molar-refractivity contribution in [1.29, 1.82) is 0 Å². The molecule has 124 valence electrons. The number of nitrogens with one attached hydrogen (secondary N) is 1. The number of nitrogens with zero attached hydrogens (tertiary/aromatic N) is 3. The highest BCUT2D eigenvalue weighted by molar-refractivity contribution is 5.89. The third-order valence-electron chi connectivity index (χ3n) is 3.60. The van der Waals surface area contributed by atoms with Gasteiger partial charge in [0.15, 0.2) is 0 Å². The second-order valence-corrected chi connectivity index (χ2v) is 5.50. The van der Waals surface area contributed by atoms with Gasteiger partial charge in [-0.25, -0.2) is 0 Å². The van der Waals surface area contributed by atoms with E-state index in [9.17, 15) is 4.79 Å². The largest absolute Gasteiger partial charge is 0.338 e. The fraction of sp³-hybridized carbons (Fsp3) is 0.235. The van der Waals surface area contributed by atoms with Gasteiger partial charge in [0.25, 0.3) is 0 Å². The van der Waals surface area contributed by atoms with E-state index in [4.69, 9.17) is 10.3 Å². The zero-order chi connectivity index (χ0) is 16.9. The molecule has 0 spiro atoms. The molecule has 7 heteroatoms. The Kier molecular flexibility index (Phi) is 4.72. The zero-order valence-electron chi connectivity index (χ0n) is 13.4. The monoisotopic (exact) mass is 325 g/mol. The Morgan fingerprint density at radius 3 is 2.67 bits per heavy atom. The van der Waals surface area contributed by atoms with Crippen molar-refractivity contribution < 1.29 is 9.32 Å². The number of aromatic nitrogens is 3. The number of carbonyl (C=O) groups excluding carboxylic acids is 1. The van der Waals surface area contributed by atoms with Gasteiger partial charge in [-0.3, -0.25) is 14.8 Å². The van der Waals surface area contributed by atoms with E-state index in [1.165, 1.54) is 0 Å². The highest BCUT2D eigenvalue weighted by Crippen LogP contribution is 2.25. The van der Waals surface area contributed by atoms with Gasteiger partial charge in [0.2, 0.25) is 11.8 Å². The van der Waals surface area contributed by atoms with Gasteiger partial charge < -0.3 is 10.3 Å². The van der Waals surface area contributed by atoms with Crippen LogP contribution in [0, 0.1) is 0 Å². The van der Waals surface area contributed by atoms with Gasteiger partial charge in [0, 0.05) is 36.9 Å². The summed E-state index contributed by atoms with van der Waals surface area (Å²) in [7, 11) is 1.89. The molecule has 3 aromatic rings. The van der Waals surface area contributed by atoms with Crippen molar-refractivity contribution in [3.63, 3.8) is 0 Å². The molecule has 0 aliphatic heterocycles. The van der Waals surface area contributed by atoms with Crippen LogP contribution in [0.5, 0.6) is 0 Å². The topological polar surface area (TPSA) is 99.0 Å². The summed E-state index contributed by atoms with van der Waals surface area (Å²) in [6.45, 7) is 0.484. The minimum atomic E-state index is -0.130. The molecule has 2 aromatic heterocycles. The van der Waals surface area contributed by atoms with Crippen LogP contribution in [-0.2, 0) is 11.8 Å². The molecule has 0 radical (unpaired) electrons. The molecule has 3 N–H and O–H groups in total. The van der Waals surface area contributed by atoms with Crippen molar-refractivity contribution in [2.24, 2.45) is 12.8 Å². The summed E-state index contributed by atoms with van der Waals surface area (Å²) >= 11 is 0. The van der Waals surface area contributed by atoms with Gasteiger partial charge in [-0.15, -0.1) is 0 Å². The van der Waals surface area contributed by atoms with Crippen molar-refractivity contribution in [3.8, 4) is 22.4 Å². The standard InChI is InChI=1S/C17H19N5O2/c1-22-11-14(10-19-22)12-4-6-13(7-5-12)15-9-17(24-21-15)20-16(23)3-2-8-18/h4-7,9-11H,2-3,8,18H2,1H3,(H,20,23). The predicted molar refractivity (Wildman–Crippen MR) is 91.1 cm³/mol. The summed E-state index contributed by atoms with van der Waals surface area (Å²) in [5.74, 6) is 0.207. The van der Waals surface area contributed by atoms with Crippen LogP contribution in [0.2, 0.25) is 0 Å². The molecular formula is C17H19N5O2. The van der Waals surface area contributed by atoms with Gasteiger partial charge in [-0.05, 0) is 18.5 Å². The molecule has 0 fully saturated rings. The number of aryl methyl sites for hydroxylation is 1. The third kappa shape index (κ3) is 3.69. The second kappa shape index (κ2) is 7.10. The SMILES string of the molecule is Cn1cc(-c2ccc(-c3cc(NC(=O)CCCN)on3)cc2)cn1. The Morgan fingerprint density at radius 2 is 2.00 bits per heavy atom. The highest BCUT2D eigenvalue weighted by atomic mass is 16.5. The van der Waals surface area contributed by atoms with Gasteiger partial charge in [0.1, 0.15) is 5.69 Å². The maximum absolute atomic E-state index is 11.7. The number of benzene rings is 1. The maximum Gasteiger partial charge on any atom is 0.231 e. The van der Waals surface area contributed by atoms with E-state index in [1.807, 2.05) is 43.7 Å². The number of rotatable bonds is 6. The zero-order valence-corrected chi connectivity index (χ0v) is 13.4. The van der Waals surface area contributed by atoms with Gasteiger partial charge in [0.05, 0.1) is 6.20 Å². The van der Waals surface area contributed by atoms with E-state index < -0.39 is 0 Å². The molecule has 0 atom stereocenters. The van der Waals surface area contributed by atoms with Crippen molar-refractivity contribution in [2.75, 3.05) is 11.9 Å². The summed E-state index contributed by atoms with van der Waals surface area (Å²) in [6, 6.07) is 9.63. The average Bonchev–Trinajstić information content (AvgIpc) is 3.22. The molecule has 2 heterocycles.